The molecule has 0 atom stereocenters. The summed E-state index contributed by atoms with van der Waals surface area (Å²) in [6.45, 7) is 1.52. The summed E-state index contributed by atoms with van der Waals surface area (Å²) in [4.78, 5) is 3.52. The average molecular weight is 208 g/mol. The van der Waals surface area contributed by atoms with Crippen LogP contribution in [0, 0.1) is 6.92 Å². The van der Waals surface area contributed by atoms with Gasteiger partial charge in [0.2, 0.25) is 0 Å². The Morgan fingerprint density at radius 3 is 2.62 bits per heavy atom. The molecule has 0 aliphatic rings. The van der Waals surface area contributed by atoms with E-state index in [0.717, 1.165) is 0 Å². The minimum absolute atomic E-state index is 0.0118. The minimum Gasteiger partial charge on any atom is -0.496 e. The van der Waals surface area contributed by atoms with Crippen LogP contribution in [0.1, 0.15) is 17.7 Å². The lowest BCUT2D eigenvalue weighted by Crippen LogP contribution is -1.98. The molecule has 1 aromatic heterocycles. The predicted octanol–water partition coefficient (Wildman–Crippen LogP) is 2.99. The Morgan fingerprint density at radius 1 is 1.54 bits per heavy atom. The maximum absolute atomic E-state index is 12.3. The monoisotopic (exact) mass is 207 g/mol. The highest BCUT2D eigenvalue weighted by molar-refractivity contribution is 6.29. The third-order valence-corrected chi connectivity index (χ3v) is 1.85. The number of methoxy groups -OCH3 is 1. The standard InChI is InChI=1S/C8H8ClF2NO/c1-4-5(13-2)3-6(9)12-7(4)8(10)11/h3,8H,1-2H3. The summed E-state index contributed by atoms with van der Waals surface area (Å²) in [6.07, 6.45) is -2.63. The molecule has 0 aliphatic heterocycles. The first kappa shape index (κ1) is 10.2. The maximum atomic E-state index is 12.3. The Hall–Kier alpha value is -0.900. The van der Waals surface area contributed by atoms with E-state index in [1.165, 1.54) is 20.1 Å². The van der Waals surface area contributed by atoms with Crippen molar-refractivity contribution in [1.29, 1.82) is 0 Å². The summed E-state index contributed by atoms with van der Waals surface area (Å²) in [5, 5.41) is 0.0118. The number of alkyl halides is 2. The Kier molecular flexibility index (Phi) is 3.03. The number of halogens is 3. The molecule has 1 aromatic rings. The van der Waals surface area contributed by atoms with Crippen LogP contribution >= 0.6 is 11.6 Å². The van der Waals surface area contributed by atoms with E-state index in [9.17, 15) is 8.78 Å². The zero-order valence-electron chi connectivity index (χ0n) is 7.14. The van der Waals surface area contributed by atoms with Crippen molar-refractivity contribution in [2.24, 2.45) is 0 Å². The Balaban J connectivity index is 3.27. The Labute approximate surface area is 79.5 Å². The van der Waals surface area contributed by atoms with Gasteiger partial charge in [0, 0.05) is 11.6 Å². The minimum atomic E-state index is -2.63. The van der Waals surface area contributed by atoms with Gasteiger partial charge in [0.25, 0.3) is 6.43 Å². The molecule has 13 heavy (non-hydrogen) atoms. The van der Waals surface area contributed by atoms with Crippen LogP contribution in [0.4, 0.5) is 8.78 Å². The fraction of sp³-hybridized carbons (Fsp3) is 0.375. The third-order valence-electron chi connectivity index (χ3n) is 1.66. The number of pyridine rings is 1. The van der Waals surface area contributed by atoms with Crippen LogP contribution in [-0.2, 0) is 0 Å². The smallest absolute Gasteiger partial charge is 0.280 e. The van der Waals surface area contributed by atoms with Crippen LogP contribution in [0.3, 0.4) is 0 Å². The highest BCUT2D eigenvalue weighted by atomic mass is 35.5. The van der Waals surface area contributed by atoms with Gasteiger partial charge in [-0.25, -0.2) is 13.8 Å². The van der Waals surface area contributed by atoms with Crippen LogP contribution in [-0.4, -0.2) is 12.1 Å². The topological polar surface area (TPSA) is 22.1 Å². The van der Waals surface area contributed by atoms with E-state index in [-0.39, 0.29) is 10.8 Å². The molecule has 0 spiro atoms. The van der Waals surface area contributed by atoms with Gasteiger partial charge in [-0.2, -0.15) is 0 Å². The van der Waals surface area contributed by atoms with E-state index in [1.807, 2.05) is 0 Å². The number of hydrogen-bond donors (Lipinski definition) is 0. The third kappa shape index (κ3) is 2.06. The fourth-order valence-corrected chi connectivity index (χ4v) is 1.19. The molecule has 2 nitrogen and oxygen atoms in total. The lowest BCUT2D eigenvalue weighted by Gasteiger charge is -2.09. The van der Waals surface area contributed by atoms with Gasteiger partial charge >= 0.3 is 0 Å². The van der Waals surface area contributed by atoms with Gasteiger partial charge in [0.1, 0.15) is 16.6 Å². The van der Waals surface area contributed by atoms with Crippen molar-refractivity contribution >= 4 is 11.6 Å². The van der Waals surface area contributed by atoms with Crippen molar-refractivity contribution < 1.29 is 13.5 Å². The highest BCUT2D eigenvalue weighted by Gasteiger charge is 2.16. The molecule has 1 rings (SSSR count). The molecule has 5 heteroatoms. The molecule has 1 heterocycles. The second-order valence-electron chi connectivity index (χ2n) is 2.46. The van der Waals surface area contributed by atoms with Gasteiger partial charge in [-0.1, -0.05) is 11.6 Å². The molecule has 0 bridgehead atoms. The van der Waals surface area contributed by atoms with E-state index >= 15 is 0 Å². The van der Waals surface area contributed by atoms with E-state index < -0.39 is 6.43 Å². The summed E-state index contributed by atoms with van der Waals surface area (Å²) < 4.78 is 29.6. The Bertz CT molecular complexity index is 317. The SMILES string of the molecule is COc1cc(Cl)nc(C(F)F)c1C. The van der Waals surface area contributed by atoms with E-state index in [1.54, 1.807) is 0 Å². The van der Waals surface area contributed by atoms with Gasteiger partial charge in [-0.15, -0.1) is 0 Å². The summed E-state index contributed by atoms with van der Waals surface area (Å²) in [7, 11) is 1.40. The predicted molar refractivity (Wildman–Crippen MR) is 45.5 cm³/mol. The summed E-state index contributed by atoms with van der Waals surface area (Å²) in [6, 6.07) is 1.41. The second-order valence-corrected chi connectivity index (χ2v) is 2.85. The van der Waals surface area contributed by atoms with Gasteiger partial charge < -0.3 is 4.74 Å². The van der Waals surface area contributed by atoms with Gasteiger partial charge in [0.05, 0.1) is 7.11 Å². The van der Waals surface area contributed by atoms with E-state index in [4.69, 9.17) is 16.3 Å². The zero-order valence-corrected chi connectivity index (χ0v) is 7.90. The van der Waals surface area contributed by atoms with Gasteiger partial charge in [-0.3, -0.25) is 0 Å². The van der Waals surface area contributed by atoms with Crippen molar-refractivity contribution in [3.8, 4) is 5.75 Å². The van der Waals surface area contributed by atoms with Crippen LogP contribution in [0.2, 0.25) is 5.15 Å². The molecule has 0 aromatic carbocycles. The van der Waals surface area contributed by atoms with Crippen molar-refractivity contribution in [2.45, 2.75) is 13.3 Å². The first-order chi connectivity index (χ1) is 6.06. The first-order valence-electron chi connectivity index (χ1n) is 3.55. The molecule has 0 N–H and O–H groups in total. The fourth-order valence-electron chi connectivity index (χ4n) is 0.998. The molecule has 0 amide bonds. The molecular weight excluding hydrogens is 200 g/mol. The van der Waals surface area contributed by atoms with Gasteiger partial charge in [0.15, 0.2) is 0 Å². The molecule has 72 valence electrons. The largest absolute Gasteiger partial charge is 0.496 e. The summed E-state index contributed by atoms with van der Waals surface area (Å²) in [5.41, 5.74) is -0.00810. The van der Waals surface area contributed by atoms with Crippen LogP contribution < -0.4 is 4.74 Å². The highest BCUT2D eigenvalue weighted by Crippen LogP contribution is 2.29. The lowest BCUT2D eigenvalue weighted by atomic mass is 10.2. The molecule has 0 saturated carbocycles. The van der Waals surface area contributed by atoms with E-state index in [2.05, 4.69) is 4.98 Å². The molecule has 0 aliphatic carbocycles. The number of hydrogen-bond acceptors (Lipinski definition) is 2. The van der Waals surface area contributed by atoms with Crippen LogP contribution in [0.25, 0.3) is 0 Å². The average Bonchev–Trinajstić information content (AvgIpc) is 2.08. The number of nitrogens with zero attached hydrogens (tertiary/aromatic N) is 1. The zero-order chi connectivity index (χ0) is 10.0. The molecule has 0 radical (unpaired) electrons. The van der Waals surface area contributed by atoms with Crippen molar-refractivity contribution in [3.63, 3.8) is 0 Å². The molecule has 0 saturated heterocycles. The number of rotatable bonds is 2. The number of ether oxygens (including phenoxy) is 1. The molecular formula is C8H8ClF2NO. The molecule has 0 fully saturated rings. The summed E-state index contributed by atoms with van der Waals surface area (Å²) >= 11 is 5.52. The lowest BCUT2D eigenvalue weighted by molar-refractivity contribution is 0.144. The van der Waals surface area contributed by atoms with Crippen molar-refractivity contribution in [3.05, 3.63) is 22.5 Å². The first-order valence-corrected chi connectivity index (χ1v) is 3.93. The second kappa shape index (κ2) is 3.87. The summed E-state index contributed by atoms with van der Waals surface area (Å²) in [5.74, 6) is 0.329. The number of aromatic nitrogens is 1. The van der Waals surface area contributed by atoms with Crippen LogP contribution in [0.15, 0.2) is 6.07 Å². The van der Waals surface area contributed by atoms with Crippen LogP contribution in [0.5, 0.6) is 5.75 Å². The van der Waals surface area contributed by atoms with E-state index in [0.29, 0.717) is 11.3 Å². The van der Waals surface area contributed by atoms with Gasteiger partial charge in [-0.05, 0) is 6.92 Å². The molecule has 0 unspecified atom stereocenters. The van der Waals surface area contributed by atoms with Crippen molar-refractivity contribution in [2.75, 3.05) is 7.11 Å². The normalized spacial score (nSPS) is 10.6. The van der Waals surface area contributed by atoms with Crippen molar-refractivity contribution in [1.82, 2.24) is 4.98 Å². The quantitative estimate of drug-likeness (QED) is 0.696. The maximum Gasteiger partial charge on any atom is 0.280 e. The Morgan fingerprint density at radius 2 is 2.15 bits per heavy atom.